The van der Waals surface area contributed by atoms with Gasteiger partial charge in [-0.15, -0.1) is 0 Å². The summed E-state index contributed by atoms with van der Waals surface area (Å²) in [7, 11) is 0. The molecule has 1 aliphatic rings. The van der Waals surface area contributed by atoms with Crippen molar-refractivity contribution in [3.8, 4) is 5.75 Å². The molecule has 1 fully saturated rings. The van der Waals surface area contributed by atoms with Crippen LogP contribution in [0.2, 0.25) is 0 Å². The third kappa shape index (κ3) is 4.95. The van der Waals surface area contributed by atoms with Crippen LogP contribution in [0, 0.1) is 5.92 Å². The Bertz CT molecular complexity index is 746. The molecular weight excluding hydrogens is 344 g/mol. The van der Waals surface area contributed by atoms with Crippen LogP contribution in [0.3, 0.4) is 0 Å². The van der Waals surface area contributed by atoms with Crippen molar-refractivity contribution in [1.82, 2.24) is 14.9 Å². The van der Waals surface area contributed by atoms with Crippen molar-refractivity contribution in [2.75, 3.05) is 37.7 Å². The molecule has 27 heavy (non-hydrogen) atoms. The SMILES string of the molecule is CC(C)COc1cccc([C@@H](C(=O)O)N2CCN(c3cnccn3)CC2)c1. The third-order valence-electron chi connectivity index (χ3n) is 4.54. The van der Waals surface area contributed by atoms with E-state index in [1.54, 1.807) is 18.6 Å². The Morgan fingerprint density at radius 1 is 1.22 bits per heavy atom. The Balaban J connectivity index is 1.70. The summed E-state index contributed by atoms with van der Waals surface area (Å²) in [4.78, 5) is 24.6. The van der Waals surface area contributed by atoms with Crippen LogP contribution in [0.5, 0.6) is 5.75 Å². The zero-order chi connectivity index (χ0) is 19.2. The van der Waals surface area contributed by atoms with Gasteiger partial charge < -0.3 is 14.7 Å². The number of carbonyl (C=O) groups is 1. The minimum absolute atomic E-state index is 0.415. The molecule has 3 rings (SSSR count). The number of anilines is 1. The molecule has 0 saturated carbocycles. The number of rotatable bonds is 7. The van der Waals surface area contributed by atoms with Gasteiger partial charge in [0.2, 0.25) is 0 Å². The van der Waals surface area contributed by atoms with Crippen LogP contribution >= 0.6 is 0 Å². The summed E-state index contributed by atoms with van der Waals surface area (Å²) < 4.78 is 5.77. The van der Waals surface area contributed by atoms with Crippen LogP contribution in [-0.4, -0.2) is 58.7 Å². The van der Waals surface area contributed by atoms with Crippen LogP contribution < -0.4 is 9.64 Å². The molecule has 1 saturated heterocycles. The zero-order valence-corrected chi connectivity index (χ0v) is 15.8. The average molecular weight is 370 g/mol. The minimum Gasteiger partial charge on any atom is -0.493 e. The van der Waals surface area contributed by atoms with Crippen LogP contribution in [0.15, 0.2) is 42.9 Å². The van der Waals surface area contributed by atoms with Crippen molar-refractivity contribution in [2.24, 2.45) is 5.92 Å². The highest BCUT2D eigenvalue weighted by Gasteiger charge is 2.31. The smallest absolute Gasteiger partial charge is 0.325 e. The number of aliphatic carboxylic acids is 1. The lowest BCUT2D eigenvalue weighted by molar-refractivity contribution is -0.143. The number of piperazine rings is 1. The molecule has 0 radical (unpaired) electrons. The number of benzene rings is 1. The van der Waals surface area contributed by atoms with Crippen molar-refractivity contribution in [3.63, 3.8) is 0 Å². The lowest BCUT2D eigenvalue weighted by Crippen LogP contribution is -2.49. The molecule has 1 atom stereocenters. The van der Waals surface area contributed by atoms with E-state index in [0.29, 0.717) is 44.5 Å². The molecule has 2 heterocycles. The summed E-state index contributed by atoms with van der Waals surface area (Å²) in [5.74, 6) is 1.11. The fourth-order valence-corrected chi connectivity index (χ4v) is 3.21. The highest BCUT2D eigenvalue weighted by Crippen LogP contribution is 2.27. The molecule has 1 aliphatic heterocycles. The Kier molecular flexibility index (Phi) is 6.24. The predicted molar refractivity (Wildman–Crippen MR) is 103 cm³/mol. The van der Waals surface area contributed by atoms with Crippen molar-refractivity contribution in [2.45, 2.75) is 19.9 Å². The quantitative estimate of drug-likeness (QED) is 0.802. The van der Waals surface area contributed by atoms with E-state index in [2.05, 4.69) is 28.7 Å². The van der Waals surface area contributed by atoms with E-state index < -0.39 is 12.0 Å². The second-order valence-corrected chi connectivity index (χ2v) is 7.10. The molecule has 7 nitrogen and oxygen atoms in total. The number of carboxylic acids is 1. The van der Waals surface area contributed by atoms with Gasteiger partial charge in [-0.05, 0) is 23.6 Å². The molecule has 1 N–H and O–H groups in total. The van der Waals surface area contributed by atoms with E-state index in [-0.39, 0.29) is 0 Å². The van der Waals surface area contributed by atoms with E-state index in [0.717, 1.165) is 11.4 Å². The van der Waals surface area contributed by atoms with Crippen LogP contribution in [-0.2, 0) is 4.79 Å². The summed E-state index contributed by atoms with van der Waals surface area (Å²) in [6.45, 7) is 7.49. The zero-order valence-electron chi connectivity index (χ0n) is 15.8. The van der Waals surface area contributed by atoms with E-state index >= 15 is 0 Å². The monoisotopic (exact) mass is 370 g/mol. The average Bonchev–Trinajstić information content (AvgIpc) is 2.68. The van der Waals surface area contributed by atoms with E-state index in [4.69, 9.17) is 4.74 Å². The Hall–Kier alpha value is -2.67. The first-order valence-electron chi connectivity index (χ1n) is 9.25. The van der Waals surface area contributed by atoms with E-state index in [9.17, 15) is 9.90 Å². The molecule has 2 aromatic rings. The van der Waals surface area contributed by atoms with Crippen LogP contribution in [0.4, 0.5) is 5.82 Å². The lowest BCUT2D eigenvalue weighted by atomic mass is 10.0. The molecule has 0 unspecified atom stereocenters. The van der Waals surface area contributed by atoms with Gasteiger partial charge in [0, 0.05) is 38.6 Å². The van der Waals surface area contributed by atoms with E-state index in [1.165, 1.54) is 0 Å². The standard InChI is InChI=1S/C20H26N4O3/c1-15(2)14-27-17-5-3-4-16(12-17)19(20(25)26)24-10-8-23(9-11-24)18-13-21-6-7-22-18/h3-7,12-13,15,19H,8-11,14H2,1-2H3,(H,25,26)/t19-/m0/s1. The first-order chi connectivity index (χ1) is 13.0. The molecule has 0 spiro atoms. The number of hydrogen-bond donors (Lipinski definition) is 1. The molecule has 1 aromatic carbocycles. The summed E-state index contributed by atoms with van der Waals surface area (Å²) in [6.07, 6.45) is 5.05. The largest absolute Gasteiger partial charge is 0.493 e. The molecule has 144 valence electrons. The Labute approximate surface area is 159 Å². The maximum atomic E-state index is 12.0. The number of ether oxygens (including phenoxy) is 1. The molecule has 0 aliphatic carbocycles. The summed E-state index contributed by atoms with van der Waals surface area (Å²) in [6, 6.07) is 6.75. The fraction of sp³-hybridized carbons (Fsp3) is 0.450. The summed E-state index contributed by atoms with van der Waals surface area (Å²) >= 11 is 0. The number of hydrogen-bond acceptors (Lipinski definition) is 6. The van der Waals surface area contributed by atoms with Crippen molar-refractivity contribution >= 4 is 11.8 Å². The molecule has 0 bridgehead atoms. The van der Waals surface area contributed by atoms with E-state index in [1.807, 2.05) is 29.2 Å². The maximum absolute atomic E-state index is 12.0. The third-order valence-corrected chi connectivity index (χ3v) is 4.54. The van der Waals surface area contributed by atoms with Crippen LogP contribution in [0.25, 0.3) is 0 Å². The van der Waals surface area contributed by atoms with Gasteiger partial charge in [-0.3, -0.25) is 14.7 Å². The van der Waals surface area contributed by atoms with Crippen molar-refractivity contribution in [1.29, 1.82) is 0 Å². The van der Waals surface area contributed by atoms with Gasteiger partial charge in [0.25, 0.3) is 0 Å². The van der Waals surface area contributed by atoms with Gasteiger partial charge in [-0.2, -0.15) is 0 Å². The second kappa shape index (κ2) is 8.81. The minimum atomic E-state index is -0.844. The summed E-state index contributed by atoms with van der Waals surface area (Å²) in [5, 5.41) is 9.85. The highest BCUT2D eigenvalue weighted by atomic mass is 16.5. The topological polar surface area (TPSA) is 78.8 Å². The van der Waals surface area contributed by atoms with Gasteiger partial charge in [0.15, 0.2) is 0 Å². The molecular formula is C20H26N4O3. The molecule has 0 amide bonds. The predicted octanol–water partition coefficient (Wildman–Crippen LogP) is 2.46. The maximum Gasteiger partial charge on any atom is 0.325 e. The lowest BCUT2D eigenvalue weighted by Gasteiger charge is -2.38. The van der Waals surface area contributed by atoms with Crippen LogP contribution in [0.1, 0.15) is 25.5 Å². The van der Waals surface area contributed by atoms with Crippen molar-refractivity contribution in [3.05, 3.63) is 48.4 Å². The van der Waals surface area contributed by atoms with Gasteiger partial charge in [0.1, 0.15) is 17.6 Å². The molecule has 1 aromatic heterocycles. The second-order valence-electron chi connectivity index (χ2n) is 7.10. The highest BCUT2D eigenvalue weighted by molar-refractivity contribution is 5.75. The Morgan fingerprint density at radius 2 is 2.00 bits per heavy atom. The Morgan fingerprint density at radius 3 is 2.63 bits per heavy atom. The number of aromatic nitrogens is 2. The van der Waals surface area contributed by atoms with Gasteiger partial charge in [-0.25, -0.2) is 4.98 Å². The van der Waals surface area contributed by atoms with Gasteiger partial charge in [0.05, 0.1) is 12.8 Å². The normalized spacial score (nSPS) is 16.3. The van der Waals surface area contributed by atoms with Gasteiger partial charge in [-0.1, -0.05) is 26.0 Å². The fourth-order valence-electron chi connectivity index (χ4n) is 3.21. The number of nitrogens with zero attached hydrogens (tertiary/aromatic N) is 4. The first kappa shape index (κ1) is 19.1. The van der Waals surface area contributed by atoms with Gasteiger partial charge >= 0.3 is 5.97 Å². The molecule has 7 heteroatoms. The summed E-state index contributed by atoms with van der Waals surface area (Å²) in [5.41, 5.74) is 0.747. The van der Waals surface area contributed by atoms with Crippen molar-refractivity contribution < 1.29 is 14.6 Å². The first-order valence-corrected chi connectivity index (χ1v) is 9.25. The number of carboxylic acid groups (broad SMARTS) is 1.